The summed E-state index contributed by atoms with van der Waals surface area (Å²) in [6.45, 7) is 12.7. The summed E-state index contributed by atoms with van der Waals surface area (Å²) in [7, 11) is 1.83. The number of carbonyl (C=O) groups is 1. The van der Waals surface area contributed by atoms with E-state index in [0.29, 0.717) is 24.7 Å². The summed E-state index contributed by atoms with van der Waals surface area (Å²) in [5.41, 5.74) is 0.890. The van der Waals surface area contributed by atoms with E-state index < -0.39 is 5.60 Å². The Morgan fingerprint density at radius 1 is 1.43 bits per heavy atom. The second-order valence-electron chi connectivity index (χ2n) is 7.63. The molecule has 23 heavy (non-hydrogen) atoms. The Morgan fingerprint density at radius 2 is 2.09 bits per heavy atom. The number of aliphatic hydroxyl groups is 1. The Bertz CT molecular complexity index is 559. The topological polar surface area (TPSA) is 61.6 Å². The molecule has 6 heteroatoms. The van der Waals surface area contributed by atoms with Crippen molar-refractivity contribution in [1.29, 1.82) is 0 Å². The van der Waals surface area contributed by atoms with Gasteiger partial charge in [0.25, 0.3) is 5.91 Å². The molecule has 0 spiro atoms. The highest BCUT2D eigenvalue weighted by Crippen LogP contribution is 2.19. The molecule has 1 fully saturated rings. The van der Waals surface area contributed by atoms with Gasteiger partial charge in [0.1, 0.15) is 5.69 Å². The van der Waals surface area contributed by atoms with Gasteiger partial charge in [-0.2, -0.15) is 5.10 Å². The quantitative estimate of drug-likeness (QED) is 0.912. The summed E-state index contributed by atoms with van der Waals surface area (Å²) in [5.74, 6) is 0.353. The molecule has 1 aliphatic heterocycles. The van der Waals surface area contributed by atoms with Crippen molar-refractivity contribution in [2.24, 2.45) is 7.05 Å². The number of carbonyl (C=O) groups excluding carboxylic acids is 1. The number of β-amino-alcohol motifs (C(OH)–C–C–N with tert-alkyl or cyclic N) is 1. The van der Waals surface area contributed by atoms with Crippen molar-refractivity contribution >= 4 is 5.91 Å². The molecule has 0 aromatic carbocycles. The number of hydrogen-bond acceptors (Lipinski definition) is 4. The second-order valence-corrected chi connectivity index (χ2v) is 7.63. The molecule has 1 saturated heterocycles. The fraction of sp³-hybridized carbons (Fsp3) is 0.765. The zero-order chi connectivity index (χ0) is 17.4. The molecular formula is C17H30N4O2. The lowest BCUT2D eigenvalue weighted by Crippen LogP contribution is -2.56. The van der Waals surface area contributed by atoms with Crippen molar-refractivity contribution in [3.63, 3.8) is 0 Å². The van der Waals surface area contributed by atoms with Gasteiger partial charge in [-0.1, -0.05) is 13.8 Å². The summed E-state index contributed by atoms with van der Waals surface area (Å²) in [6, 6.07) is 2.03. The zero-order valence-electron chi connectivity index (χ0n) is 15.2. The lowest BCUT2D eigenvalue weighted by Gasteiger charge is -2.41. The fourth-order valence-electron chi connectivity index (χ4n) is 3.14. The lowest BCUT2D eigenvalue weighted by molar-refractivity contribution is 0.00549. The van der Waals surface area contributed by atoms with Crippen LogP contribution in [-0.4, -0.2) is 68.4 Å². The van der Waals surface area contributed by atoms with Crippen molar-refractivity contribution in [2.75, 3.05) is 26.2 Å². The minimum absolute atomic E-state index is 0.0438. The number of hydrogen-bond donors (Lipinski definition) is 1. The van der Waals surface area contributed by atoms with Crippen LogP contribution in [0.5, 0.6) is 0 Å². The summed E-state index contributed by atoms with van der Waals surface area (Å²) >= 11 is 0. The maximum atomic E-state index is 12.9. The third-order valence-electron chi connectivity index (χ3n) is 4.29. The minimum atomic E-state index is -0.708. The SMILES string of the molecule is CC(C)c1cc(C(=O)N2CCN(CC(C)(C)O)CC2C)n(C)n1. The summed E-state index contributed by atoms with van der Waals surface area (Å²) < 4.78 is 1.69. The van der Waals surface area contributed by atoms with Crippen LogP contribution in [0.2, 0.25) is 0 Å². The molecule has 6 nitrogen and oxygen atoms in total. The average Bonchev–Trinajstić information content (AvgIpc) is 2.78. The average molecular weight is 322 g/mol. The molecule has 1 aromatic heterocycles. The summed E-state index contributed by atoms with van der Waals surface area (Å²) in [4.78, 5) is 17.0. The molecule has 1 aliphatic rings. The number of piperazine rings is 1. The van der Waals surface area contributed by atoms with Gasteiger partial charge in [0.2, 0.25) is 0 Å². The maximum Gasteiger partial charge on any atom is 0.272 e. The van der Waals surface area contributed by atoms with Crippen molar-refractivity contribution in [3.8, 4) is 0 Å². The van der Waals surface area contributed by atoms with E-state index in [0.717, 1.165) is 18.8 Å². The zero-order valence-corrected chi connectivity index (χ0v) is 15.2. The van der Waals surface area contributed by atoms with E-state index in [1.54, 1.807) is 4.68 Å². The van der Waals surface area contributed by atoms with Gasteiger partial charge in [-0.3, -0.25) is 14.4 Å². The standard InChI is InChI=1S/C17H30N4O2/c1-12(2)14-9-15(19(6)18-14)16(22)21-8-7-20(10-13(21)3)11-17(4,5)23/h9,12-13,23H,7-8,10-11H2,1-6H3. The molecule has 1 unspecified atom stereocenters. The molecule has 0 saturated carbocycles. The molecular weight excluding hydrogens is 292 g/mol. The number of nitrogens with zero attached hydrogens (tertiary/aromatic N) is 4. The molecule has 1 amide bonds. The first-order valence-corrected chi connectivity index (χ1v) is 8.38. The molecule has 1 aromatic rings. The maximum absolute atomic E-state index is 12.9. The minimum Gasteiger partial charge on any atom is -0.389 e. The number of rotatable bonds is 4. The lowest BCUT2D eigenvalue weighted by atomic mass is 10.1. The Labute approximate surface area is 139 Å². The van der Waals surface area contributed by atoms with Crippen LogP contribution in [0.25, 0.3) is 0 Å². The van der Waals surface area contributed by atoms with E-state index in [-0.39, 0.29) is 11.9 Å². The van der Waals surface area contributed by atoms with Crippen molar-refractivity contribution in [3.05, 3.63) is 17.5 Å². The third-order valence-corrected chi connectivity index (χ3v) is 4.29. The first-order chi connectivity index (χ1) is 10.6. The molecule has 0 aliphatic carbocycles. The highest BCUT2D eigenvalue weighted by Gasteiger charge is 2.31. The van der Waals surface area contributed by atoms with E-state index in [4.69, 9.17) is 0 Å². The second kappa shape index (κ2) is 6.61. The van der Waals surface area contributed by atoms with Crippen LogP contribution in [0.3, 0.4) is 0 Å². The molecule has 2 heterocycles. The van der Waals surface area contributed by atoms with Crippen molar-refractivity contribution < 1.29 is 9.90 Å². The van der Waals surface area contributed by atoms with E-state index in [9.17, 15) is 9.90 Å². The smallest absolute Gasteiger partial charge is 0.272 e. The van der Waals surface area contributed by atoms with Gasteiger partial charge in [0.05, 0.1) is 11.3 Å². The monoisotopic (exact) mass is 322 g/mol. The van der Waals surface area contributed by atoms with Crippen LogP contribution in [0, 0.1) is 0 Å². The largest absolute Gasteiger partial charge is 0.389 e. The number of aryl methyl sites for hydroxylation is 1. The Hall–Kier alpha value is -1.40. The molecule has 0 bridgehead atoms. The molecule has 130 valence electrons. The van der Waals surface area contributed by atoms with Crippen molar-refractivity contribution in [1.82, 2.24) is 19.6 Å². The predicted molar refractivity (Wildman–Crippen MR) is 90.5 cm³/mol. The highest BCUT2D eigenvalue weighted by atomic mass is 16.3. The van der Waals surface area contributed by atoms with Crippen LogP contribution in [0.1, 0.15) is 56.7 Å². The van der Waals surface area contributed by atoms with E-state index in [1.165, 1.54) is 0 Å². The first kappa shape index (κ1) is 17.9. The van der Waals surface area contributed by atoms with Crippen molar-refractivity contribution in [2.45, 2.75) is 52.2 Å². The number of amides is 1. The molecule has 2 rings (SSSR count). The van der Waals surface area contributed by atoms with E-state index in [1.807, 2.05) is 31.9 Å². The molecule has 1 atom stereocenters. The molecule has 1 N–H and O–H groups in total. The van der Waals surface area contributed by atoms with Gasteiger partial charge in [0.15, 0.2) is 0 Å². The van der Waals surface area contributed by atoms with Gasteiger partial charge in [-0.15, -0.1) is 0 Å². The Balaban J connectivity index is 2.07. The predicted octanol–water partition coefficient (Wildman–Crippen LogP) is 1.46. The fourth-order valence-corrected chi connectivity index (χ4v) is 3.14. The van der Waals surface area contributed by atoms with Crippen LogP contribution in [0.4, 0.5) is 0 Å². The van der Waals surface area contributed by atoms with E-state index >= 15 is 0 Å². The highest BCUT2D eigenvalue weighted by molar-refractivity contribution is 5.93. The summed E-state index contributed by atoms with van der Waals surface area (Å²) in [6.07, 6.45) is 0. The Morgan fingerprint density at radius 3 is 2.57 bits per heavy atom. The number of aromatic nitrogens is 2. The Kier molecular flexibility index (Phi) is 5.16. The van der Waals surface area contributed by atoms with Gasteiger partial charge in [-0.25, -0.2) is 0 Å². The van der Waals surface area contributed by atoms with Gasteiger partial charge >= 0.3 is 0 Å². The van der Waals surface area contributed by atoms with Crippen LogP contribution in [0.15, 0.2) is 6.07 Å². The van der Waals surface area contributed by atoms with Gasteiger partial charge in [0, 0.05) is 39.3 Å². The first-order valence-electron chi connectivity index (χ1n) is 8.38. The third kappa shape index (κ3) is 4.32. The van der Waals surface area contributed by atoms with Crippen LogP contribution < -0.4 is 0 Å². The van der Waals surface area contributed by atoms with Gasteiger partial charge < -0.3 is 10.0 Å². The molecule has 0 radical (unpaired) electrons. The van der Waals surface area contributed by atoms with Crippen LogP contribution in [-0.2, 0) is 7.05 Å². The normalized spacial score (nSPS) is 20.3. The summed E-state index contributed by atoms with van der Waals surface area (Å²) in [5, 5.41) is 14.4. The van der Waals surface area contributed by atoms with E-state index in [2.05, 4.69) is 30.8 Å². The van der Waals surface area contributed by atoms with Crippen LogP contribution >= 0.6 is 0 Å². The van der Waals surface area contributed by atoms with Gasteiger partial charge in [-0.05, 0) is 32.8 Å².